The molecule has 1 aromatic carbocycles. The molecule has 0 atom stereocenters. The van der Waals surface area contributed by atoms with E-state index < -0.39 is 15.4 Å². The van der Waals surface area contributed by atoms with Gasteiger partial charge < -0.3 is 4.90 Å². The Morgan fingerprint density at radius 1 is 1.21 bits per heavy atom. The minimum absolute atomic E-state index is 0.0932. The van der Waals surface area contributed by atoms with Crippen LogP contribution in [0.15, 0.2) is 33.0 Å². The highest BCUT2D eigenvalue weighted by atomic mass is 32.2. The highest BCUT2D eigenvalue weighted by Gasteiger charge is 2.27. The maximum Gasteiger partial charge on any atom is 0.312 e. The summed E-state index contributed by atoms with van der Waals surface area (Å²) in [5, 5.41) is 0. The van der Waals surface area contributed by atoms with Gasteiger partial charge in [0.15, 0.2) is 5.82 Å². The van der Waals surface area contributed by atoms with Gasteiger partial charge in [0.1, 0.15) is 5.84 Å². The van der Waals surface area contributed by atoms with Gasteiger partial charge in [0.2, 0.25) is 0 Å². The number of nitrogens with zero attached hydrogens (tertiary/aromatic N) is 4. The second-order valence-electron chi connectivity index (χ2n) is 6.73. The zero-order chi connectivity index (χ0) is 18.1. The molecule has 0 aliphatic rings. The minimum Gasteiger partial charge on any atom is -0.365 e. The van der Waals surface area contributed by atoms with Gasteiger partial charge in [-0.05, 0) is 12.5 Å². The summed E-state index contributed by atoms with van der Waals surface area (Å²) < 4.78 is 33.3. The predicted molar refractivity (Wildman–Crippen MR) is 97.8 cm³/mol. The van der Waals surface area contributed by atoms with Crippen LogP contribution in [0.4, 0.5) is 0 Å². The number of hydrogen-bond donors (Lipinski definition) is 0. The lowest BCUT2D eigenvalue weighted by Gasteiger charge is -2.27. The summed E-state index contributed by atoms with van der Waals surface area (Å²) in [5.74, 6) is 0.879. The summed E-state index contributed by atoms with van der Waals surface area (Å²) in [6, 6.07) is 7.60. The van der Waals surface area contributed by atoms with E-state index in [9.17, 15) is 8.42 Å². The third-order valence-electron chi connectivity index (χ3n) is 3.32. The van der Waals surface area contributed by atoms with Crippen molar-refractivity contribution in [3.8, 4) is 11.4 Å². The average Bonchev–Trinajstić information content (AvgIpc) is 2.94. The fraction of sp³-hybridized carbons (Fsp3) is 0.438. The predicted octanol–water partition coefficient (Wildman–Crippen LogP) is 3.21. The molecule has 1 aromatic heterocycles. The number of aromatic nitrogens is 2. The summed E-state index contributed by atoms with van der Waals surface area (Å²) >= 11 is 0.850. The van der Waals surface area contributed by atoms with Gasteiger partial charge in [-0.1, -0.05) is 45.0 Å². The topological polar surface area (TPSA) is 75.5 Å². The van der Waals surface area contributed by atoms with E-state index in [4.69, 9.17) is 0 Å². The molecule has 0 bridgehead atoms. The lowest BCUT2D eigenvalue weighted by Crippen LogP contribution is -2.35. The Balaban J connectivity index is 2.47. The molecule has 1 heterocycles. The Morgan fingerprint density at radius 3 is 2.38 bits per heavy atom. The van der Waals surface area contributed by atoms with Crippen LogP contribution in [0.2, 0.25) is 0 Å². The standard InChI is InChI=1S/C16H22N4O2S2/c1-11-9-7-8-10-12(11)13-17-15(23-18-13)24(21,22)19-14(20(5)6)16(2,3)4/h7-10H,1-6H3/b19-14-. The molecule has 6 nitrogen and oxygen atoms in total. The molecule has 0 amide bonds. The van der Waals surface area contributed by atoms with Crippen LogP contribution in [0.1, 0.15) is 26.3 Å². The van der Waals surface area contributed by atoms with Gasteiger partial charge in [-0.3, -0.25) is 0 Å². The van der Waals surface area contributed by atoms with Crippen molar-refractivity contribution in [1.29, 1.82) is 0 Å². The molecule has 0 fully saturated rings. The first-order chi connectivity index (χ1) is 11.0. The van der Waals surface area contributed by atoms with Gasteiger partial charge in [0, 0.05) is 36.6 Å². The van der Waals surface area contributed by atoms with Crippen LogP contribution in [0.25, 0.3) is 11.4 Å². The van der Waals surface area contributed by atoms with E-state index in [-0.39, 0.29) is 4.34 Å². The van der Waals surface area contributed by atoms with Crippen molar-refractivity contribution < 1.29 is 8.42 Å². The first-order valence-electron chi connectivity index (χ1n) is 7.45. The quantitative estimate of drug-likeness (QED) is 0.616. The van der Waals surface area contributed by atoms with Crippen LogP contribution in [-0.4, -0.2) is 42.6 Å². The zero-order valence-electron chi connectivity index (χ0n) is 14.7. The van der Waals surface area contributed by atoms with Crippen molar-refractivity contribution in [2.24, 2.45) is 9.81 Å². The number of hydrogen-bond acceptors (Lipinski definition) is 5. The van der Waals surface area contributed by atoms with E-state index >= 15 is 0 Å². The third kappa shape index (κ3) is 3.99. The second kappa shape index (κ2) is 6.60. The van der Waals surface area contributed by atoms with Crippen molar-refractivity contribution in [3.05, 3.63) is 29.8 Å². The molecule has 0 aliphatic carbocycles. The molecule has 0 spiro atoms. The summed E-state index contributed by atoms with van der Waals surface area (Å²) in [5.41, 5.74) is 1.41. The van der Waals surface area contributed by atoms with E-state index in [0.29, 0.717) is 11.7 Å². The maximum atomic E-state index is 12.6. The summed E-state index contributed by atoms with van der Waals surface area (Å²) in [6.45, 7) is 7.69. The van der Waals surface area contributed by atoms with Gasteiger partial charge in [-0.15, -0.1) is 4.40 Å². The van der Waals surface area contributed by atoms with Crippen molar-refractivity contribution in [1.82, 2.24) is 14.3 Å². The van der Waals surface area contributed by atoms with Crippen LogP contribution < -0.4 is 0 Å². The number of benzene rings is 1. The lowest BCUT2D eigenvalue weighted by molar-refractivity contribution is 0.481. The Hall–Kier alpha value is -1.80. The van der Waals surface area contributed by atoms with E-state index in [1.165, 1.54) is 0 Å². The van der Waals surface area contributed by atoms with E-state index in [0.717, 1.165) is 22.7 Å². The SMILES string of the molecule is Cc1ccccc1-c1nsc(S(=O)(=O)/N=C(\N(C)C)C(C)(C)C)n1. The van der Waals surface area contributed by atoms with Crippen LogP contribution >= 0.6 is 11.5 Å². The second-order valence-corrected chi connectivity index (χ2v) is 9.26. The normalized spacial score (nSPS) is 13.2. The van der Waals surface area contributed by atoms with Crippen molar-refractivity contribution in [3.63, 3.8) is 0 Å². The summed E-state index contributed by atoms with van der Waals surface area (Å²) in [7, 11) is -0.344. The number of aryl methyl sites for hydroxylation is 1. The highest BCUT2D eigenvalue weighted by molar-refractivity contribution is 7.92. The Labute approximate surface area is 147 Å². The van der Waals surface area contributed by atoms with Crippen molar-refractivity contribution in [2.75, 3.05) is 14.1 Å². The lowest BCUT2D eigenvalue weighted by atomic mass is 9.94. The first kappa shape index (κ1) is 18.5. The molecule has 0 saturated heterocycles. The minimum atomic E-state index is -3.90. The highest BCUT2D eigenvalue weighted by Crippen LogP contribution is 2.26. The molecule has 0 aliphatic heterocycles. The molecule has 8 heteroatoms. The molecule has 0 unspecified atom stereocenters. The molecule has 2 rings (SSSR count). The smallest absolute Gasteiger partial charge is 0.312 e. The molecule has 0 saturated carbocycles. The maximum absolute atomic E-state index is 12.6. The molecular formula is C16H22N4O2S2. The number of amidine groups is 1. The number of rotatable bonds is 3. The van der Waals surface area contributed by atoms with E-state index in [1.807, 2.05) is 52.0 Å². The van der Waals surface area contributed by atoms with Gasteiger partial charge in [0.05, 0.1) is 0 Å². The van der Waals surface area contributed by atoms with Crippen molar-refractivity contribution in [2.45, 2.75) is 32.0 Å². The zero-order valence-corrected chi connectivity index (χ0v) is 16.4. The third-order valence-corrected chi connectivity index (χ3v) is 5.63. The fourth-order valence-electron chi connectivity index (χ4n) is 2.29. The largest absolute Gasteiger partial charge is 0.365 e. The van der Waals surface area contributed by atoms with E-state index in [1.54, 1.807) is 19.0 Å². The van der Waals surface area contributed by atoms with Gasteiger partial charge >= 0.3 is 10.0 Å². The average molecular weight is 367 g/mol. The summed E-state index contributed by atoms with van der Waals surface area (Å²) in [4.78, 5) is 5.91. The molecular weight excluding hydrogens is 344 g/mol. The van der Waals surface area contributed by atoms with Gasteiger partial charge in [-0.2, -0.15) is 12.8 Å². The van der Waals surface area contributed by atoms with Crippen LogP contribution in [0.3, 0.4) is 0 Å². The molecule has 0 N–H and O–H groups in total. The van der Waals surface area contributed by atoms with Crippen LogP contribution in [0, 0.1) is 12.3 Å². The first-order valence-corrected chi connectivity index (χ1v) is 9.66. The van der Waals surface area contributed by atoms with Gasteiger partial charge in [-0.25, -0.2) is 4.98 Å². The van der Waals surface area contributed by atoms with E-state index in [2.05, 4.69) is 13.8 Å². The van der Waals surface area contributed by atoms with Crippen LogP contribution in [0.5, 0.6) is 0 Å². The van der Waals surface area contributed by atoms with Gasteiger partial charge in [0.25, 0.3) is 4.34 Å². The fourth-order valence-corrected chi connectivity index (χ4v) is 4.27. The Kier molecular flexibility index (Phi) is 5.10. The monoisotopic (exact) mass is 366 g/mol. The summed E-state index contributed by atoms with van der Waals surface area (Å²) in [6.07, 6.45) is 0. The number of sulfonamides is 1. The molecule has 0 radical (unpaired) electrons. The Bertz CT molecular complexity index is 862. The van der Waals surface area contributed by atoms with Crippen LogP contribution in [-0.2, 0) is 10.0 Å². The Morgan fingerprint density at radius 2 is 1.83 bits per heavy atom. The van der Waals surface area contributed by atoms with Crippen molar-refractivity contribution >= 4 is 27.4 Å². The molecule has 24 heavy (non-hydrogen) atoms. The molecule has 2 aromatic rings. The molecule has 130 valence electrons.